The molecule has 1 rings (SSSR count). The Balaban J connectivity index is 2.25. The lowest BCUT2D eigenvalue weighted by molar-refractivity contribution is 0.247. The Kier molecular flexibility index (Phi) is 6.16. The number of nitrogens with zero attached hydrogens (tertiary/aromatic N) is 2. The van der Waals surface area contributed by atoms with E-state index in [0.29, 0.717) is 0 Å². The van der Waals surface area contributed by atoms with Gasteiger partial charge < -0.3 is 9.80 Å². The molecule has 1 aliphatic heterocycles. The second-order valence-electron chi connectivity index (χ2n) is 5.67. The fourth-order valence-electron chi connectivity index (χ4n) is 2.67. The Hall–Kier alpha value is 0.270. The van der Waals surface area contributed by atoms with Crippen molar-refractivity contribution in [3.63, 3.8) is 0 Å². The first-order chi connectivity index (χ1) is 7.54. The zero-order valence-corrected chi connectivity index (χ0v) is 12.2. The van der Waals surface area contributed by atoms with Crippen molar-refractivity contribution in [3.05, 3.63) is 0 Å². The summed E-state index contributed by atoms with van der Waals surface area (Å²) in [5.41, 5.74) is 0. The van der Waals surface area contributed by atoms with Gasteiger partial charge in [0, 0.05) is 19.1 Å². The molecule has 0 aromatic carbocycles. The Bertz CT molecular complexity index is 196. The zero-order valence-electron chi connectivity index (χ0n) is 11.3. The summed E-state index contributed by atoms with van der Waals surface area (Å²) >= 11 is 4.30. The van der Waals surface area contributed by atoms with Crippen molar-refractivity contribution in [2.45, 2.75) is 32.7 Å². The van der Waals surface area contributed by atoms with Gasteiger partial charge in [-0.2, -0.15) is 12.6 Å². The maximum absolute atomic E-state index is 4.30. The second-order valence-corrected chi connectivity index (χ2v) is 6.12. The summed E-state index contributed by atoms with van der Waals surface area (Å²) in [7, 11) is 4.41. The van der Waals surface area contributed by atoms with Gasteiger partial charge in [0.25, 0.3) is 0 Å². The normalized spacial score (nSPS) is 28.9. The van der Waals surface area contributed by atoms with Crippen molar-refractivity contribution in [1.82, 2.24) is 9.80 Å². The topological polar surface area (TPSA) is 6.48 Å². The Morgan fingerprint density at radius 1 is 1.31 bits per heavy atom. The predicted octanol–water partition coefficient (Wildman–Crippen LogP) is 2.21. The molecule has 3 heteroatoms. The molecule has 3 unspecified atom stereocenters. The Morgan fingerprint density at radius 3 is 2.50 bits per heavy atom. The lowest BCUT2D eigenvalue weighted by Gasteiger charge is -2.23. The van der Waals surface area contributed by atoms with Crippen molar-refractivity contribution < 1.29 is 0 Å². The molecule has 96 valence electrons. The van der Waals surface area contributed by atoms with E-state index in [-0.39, 0.29) is 0 Å². The maximum atomic E-state index is 4.30. The Labute approximate surface area is 107 Å². The minimum atomic E-state index is 0.750. The lowest BCUT2D eigenvalue weighted by atomic mass is 10.1. The molecule has 0 radical (unpaired) electrons. The highest BCUT2D eigenvalue weighted by Crippen LogP contribution is 2.21. The van der Waals surface area contributed by atoms with Crippen LogP contribution in [0.4, 0.5) is 0 Å². The third kappa shape index (κ3) is 4.27. The SMILES string of the molecule is CC(CCS)CCN1CC(C)C(N(C)C)C1. The van der Waals surface area contributed by atoms with E-state index in [2.05, 4.69) is 50.4 Å². The molecule has 1 aliphatic rings. The van der Waals surface area contributed by atoms with Crippen molar-refractivity contribution in [2.75, 3.05) is 39.5 Å². The molecule has 3 atom stereocenters. The van der Waals surface area contributed by atoms with Crippen LogP contribution in [0.25, 0.3) is 0 Å². The molecule has 0 aliphatic carbocycles. The van der Waals surface area contributed by atoms with Crippen LogP contribution in [0.3, 0.4) is 0 Å². The summed E-state index contributed by atoms with van der Waals surface area (Å²) in [6, 6.07) is 0.750. The van der Waals surface area contributed by atoms with Gasteiger partial charge in [-0.25, -0.2) is 0 Å². The van der Waals surface area contributed by atoms with Crippen molar-refractivity contribution >= 4 is 12.6 Å². The van der Waals surface area contributed by atoms with Crippen molar-refractivity contribution in [2.24, 2.45) is 11.8 Å². The monoisotopic (exact) mass is 244 g/mol. The molecule has 2 nitrogen and oxygen atoms in total. The summed E-state index contributed by atoms with van der Waals surface area (Å²) in [5, 5.41) is 0. The average molecular weight is 244 g/mol. The van der Waals surface area contributed by atoms with Crippen LogP contribution in [0.1, 0.15) is 26.7 Å². The first kappa shape index (κ1) is 14.3. The first-order valence-electron chi connectivity index (χ1n) is 6.54. The second kappa shape index (κ2) is 6.87. The van der Waals surface area contributed by atoms with Crippen molar-refractivity contribution in [3.8, 4) is 0 Å². The Morgan fingerprint density at radius 2 is 2.00 bits per heavy atom. The third-order valence-corrected chi connectivity index (χ3v) is 4.13. The molecule has 0 spiro atoms. The standard InChI is InChI=1S/C13H28N2S/c1-11(6-8-16)5-7-15-9-12(2)13(10-15)14(3)4/h11-13,16H,5-10H2,1-4H3. The minimum absolute atomic E-state index is 0.750. The summed E-state index contributed by atoms with van der Waals surface area (Å²) in [6.45, 7) is 8.52. The lowest BCUT2D eigenvalue weighted by Crippen LogP contribution is -2.34. The molecule has 1 fully saturated rings. The number of hydrogen-bond acceptors (Lipinski definition) is 3. The van der Waals surface area contributed by atoms with Crippen LogP contribution < -0.4 is 0 Å². The largest absolute Gasteiger partial charge is 0.305 e. The highest BCUT2D eigenvalue weighted by molar-refractivity contribution is 7.80. The number of hydrogen-bond donors (Lipinski definition) is 1. The molecule has 16 heavy (non-hydrogen) atoms. The molecule has 0 aromatic heterocycles. The van der Waals surface area contributed by atoms with E-state index in [1.807, 2.05) is 0 Å². The highest BCUT2D eigenvalue weighted by atomic mass is 32.1. The fraction of sp³-hybridized carbons (Fsp3) is 1.00. The van der Waals surface area contributed by atoms with Gasteiger partial charge >= 0.3 is 0 Å². The summed E-state index contributed by atoms with van der Waals surface area (Å²) in [5.74, 6) is 2.67. The number of likely N-dealkylation sites (N-methyl/N-ethyl adjacent to an activating group) is 1. The van der Waals surface area contributed by atoms with E-state index in [0.717, 1.165) is 23.6 Å². The molecule has 0 saturated carbocycles. The van der Waals surface area contributed by atoms with E-state index in [9.17, 15) is 0 Å². The van der Waals surface area contributed by atoms with E-state index in [1.165, 1.54) is 32.5 Å². The summed E-state index contributed by atoms with van der Waals surface area (Å²) < 4.78 is 0. The van der Waals surface area contributed by atoms with E-state index < -0.39 is 0 Å². The third-order valence-electron chi connectivity index (χ3n) is 3.87. The molecular formula is C13H28N2S. The van der Waals surface area contributed by atoms with Crippen molar-refractivity contribution in [1.29, 1.82) is 0 Å². The van der Waals surface area contributed by atoms with Crippen LogP contribution in [0.2, 0.25) is 0 Å². The maximum Gasteiger partial charge on any atom is 0.0254 e. The molecular weight excluding hydrogens is 216 g/mol. The number of rotatable bonds is 6. The van der Waals surface area contributed by atoms with Gasteiger partial charge in [-0.15, -0.1) is 0 Å². The quantitative estimate of drug-likeness (QED) is 0.716. The number of likely N-dealkylation sites (tertiary alicyclic amines) is 1. The van der Waals surface area contributed by atoms with Crippen LogP contribution >= 0.6 is 12.6 Å². The molecule has 0 amide bonds. The number of thiol groups is 1. The molecule has 1 heterocycles. The zero-order chi connectivity index (χ0) is 12.1. The fourth-order valence-corrected chi connectivity index (χ4v) is 3.11. The van der Waals surface area contributed by atoms with Gasteiger partial charge in [-0.05, 0) is 51.1 Å². The highest BCUT2D eigenvalue weighted by Gasteiger charge is 2.30. The summed E-state index contributed by atoms with van der Waals surface area (Å²) in [6.07, 6.45) is 2.58. The van der Waals surface area contributed by atoms with E-state index in [4.69, 9.17) is 0 Å². The minimum Gasteiger partial charge on any atom is -0.305 e. The predicted molar refractivity (Wildman–Crippen MR) is 75.3 cm³/mol. The van der Waals surface area contributed by atoms with E-state index in [1.54, 1.807) is 0 Å². The van der Waals surface area contributed by atoms with Crippen LogP contribution in [-0.2, 0) is 0 Å². The van der Waals surface area contributed by atoms with Gasteiger partial charge in [0.2, 0.25) is 0 Å². The smallest absolute Gasteiger partial charge is 0.0254 e. The van der Waals surface area contributed by atoms with Crippen LogP contribution in [0.5, 0.6) is 0 Å². The average Bonchev–Trinajstić information content (AvgIpc) is 2.57. The van der Waals surface area contributed by atoms with Gasteiger partial charge in [-0.1, -0.05) is 13.8 Å². The van der Waals surface area contributed by atoms with Gasteiger partial charge in [0.1, 0.15) is 0 Å². The van der Waals surface area contributed by atoms with Crippen LogP contribution in [0, 0.1) is 11.8 Å². The summed E-state index contributed by atoms with van der Waals surface area (Å²) in [4.78, 5) is 5.01. The van der Waals surface area contributed by atoms with Crippen LogP contribution in [0.15, 0.2) is 0 Å². The molecule has 0 N–H and O–H groups in total. The van der Waals surface area contributed by atoms with E-state index >= 15 is 0 Å². The van der Waals surface area contributed by atoms with Gasteiger partial charge in [-0.3, -0.25) is 0 Å². The molecule has 0 bridgehead atoms. The first-order valence-corrected chi connectivity index (χ1v) is 7.17. The van der Waals surface area contributed by atoms with Gasteiger partial charge in [0.05, 0.1) is 0 Å². The van der Waals surface area contributed by atoms with Crippen LogP contribution in [-0.4, -0.2) is 55.3 Å². The van der Waals surface area contributed by atoms with Gasteiger partial charge in [0.15, 0.2) is 0 Å². The molecule has 1 saturated heterocycles. The molecule has 0 aromatic rings.